The molecule has 0 fully saturated rings. The third-order valence-electron chi connectivity index (χ3n) is 7.43. The summed E-state index contributed by atoms with van der Waals surface area (Å²) in [5, 5.41) is 0.163. The van der Waals surface area contributed by atoms with Gasteiger partial charge in [0, 0.05) is 34.8 Å². The number of Topliss-reactive ketones (excluding diaryl/α,β-unsaturated/α-hetero) is 2. The molecular weight excluding hydrogens is 495 g/mol. The molecule has 6 heteroatoms. The first-order chi connectivity index (χ1) is 17.7. The molecule has 3 aromatic carbocycles. The van der Waals surface area contributed by atoms with Gasteiger partial charge >= 0.3 is 0 Å². The lowest BCUT2D eigenvalue weighted by molar-refractivity contribution is -0.117. The molecule has 3 rings (SSSR count). The quantitative estimate of drug-likeness (QED) is 0.218. The molecule has 1 unspecified atom stereocenters. The van der Waals surface area contributed by atoms with Gasteiger partial charge in [-0.1, -0.05) is 42.5 Å². The molecule has 0 aliphatic carbocycles. The van der Waals surface area contributed by atoms with Crippen molar-refractivity contribution in [2.24, 2.45) is 0 Å². The lowest BCUT2D eigenvalue weighted by Gasteiger charge is -2.23. The van der Waals surface area contributed by atoms with Gasteiger partial charge in [0.15, 0.2) is 5.78 Å². The lowest BCUT2D eigenvalue weighted by Crippen LogP contribution is -2.24. The first-order valence-electron chi connectivity index (χ1n) is 12.7. The summed E-state index contributed by atoms with van der Waals surface area (Å²) >= 11 is 0. The predicted octanol–water partition coefficient (Wildman–Crippen LogP) is 7.07. The fourth-order valence-corrected chi connectivity index (χ4v) is 7.81. The average Bonchev–Trinajstić information content (AvgIpc) is 2.85. The van der Waals surface area contributed by atoms with Gasteiger partial charge in [0.05, 0.1) is 0 Å². The van der Waals surface area contributed by atoms with Crippen LogP contribution in [-0.4, -0.2) is 22.6 Å². The predicted molar refractivity (Wildman–Crippen MR) is 153 cm³/mol. The molecule has 0 amide bonds. The van der Waals surface area contributed by atoms with Crippen LogP contribution in [-0.2, 0) is 9.36 Å². The summed E-state index contributed by atoms with van der Waals surface area (Å²) in [6, 6.07) is 11.8. The summed E-state index contributed by atoms with van der Waals surface area (Å²) in [6.07, 6.45) is 0.116. The zero-order chi connectivity index (χ0) is 28.5. The van der Waals surface area contributed by atoms with Crippen LogP contribution in [0.25, 0.3) is 0 Å². The standard InChI is InChI=1S/C32H35O5P/c1-18-16-20(3)29(24(7)23(18)6)31(35)38(37,26-12-10-9-11-13-26)32(36)30-21(4)17-19(2)28(25(30)8)27(34)15-14-22(5)33/h9-13,16-17H,14-15H2,1-8H3. The summed E-state index contributed by atoms with van der Waals surface area (Å²) in [4.78, 5) is 53.3. The maximum Gasteiger partial charge on any atom is 0.248 e. The minimum Gasteiger partial charge on any atom is -0.302 e. The number of carbonyl (C=O) groups excluding carboxylic acids is 4. The van der Waals surface area contributed by atoms with Gasteiger partial charge in [-0.05, 0) is 94.3 Å². The topological polar surface area (TPSA) is 85.3 Å². The third-order valence-corrected chi connectivity index (χ3v) is 10.0. The highest BCUT2D eigenvalue weighted by molar-refractivity contribution is 8.01. The van der Waals surface area contributed by atoms with Crippen LogP contribution < -0.4 is 5.30 Å². The van der Waals surface area contributed by atoms with E-state index < -0.39 is 18.2 Å². The summed E-state index contributed by atoms with van der Waals surface area (Å²) in [6.45, 7) is 14.0. The molecule has 0 radical (unpaired) electrons. The Morgan fingerprint density at radius 2 is 1.08 bits per heavy atom. The molecule has 0 heterocycles. The second kappa shape index (κ2) is 11.1. The maximum absolute atomic E-state index is 15.0. The van der Waals surface area contributed by atoms with Crippen LogP contribution in [0, 0.1) is 48.5 Å². The SMILES string of the molecule is CC(=O)CCC(=O)c1c(C)cc(C)c(C(=O)P(=O)(C(=O)c2c(C)cc(C)c(C)c2C)c2ccccc2)c1C. The largest absolute Gasteiger partial charge is 0.302 e. The highest BCUT2D eigenvalue weighted by atomic mass is 31.2. The number of benzene rings is 3. The van der Waals surface area contributed by atoms with Gasteiger partial charge < -0.3 is 9.36 Å². The van der Waals surface area contributed by atoms with Crippen molar-refractivity contribution in [3.8, 4) is 0 Å². The highest BCUT2D eigenvalue weighted by Crippen LogP contribution is 2.53. The average molecular weight is 531 g/mol. The zero-order valence-electron chi connectivity index (χ0n) is 23.4. The van der Waals surface area contributed by atoms with Gasteiger partial charge in [0.2, 0.25) is 18.2 Å². The van der Waals surface area contributed by atoms with E-state index in [-0.39, 0.29) is 35.3 Å². The van der Waals surface area contributed by atoms with Crippen LogP contribution in [0.1, 0.15) is 89.8 Å². The molecule has 1 atom stereocenters. The Morgan fingerprint density at radius 1 is 0.605 bits per heavy atom. The van der Waals surface area contributed by atoms with E-state index in [2.05, 4.69) is 0 Å². The molecule has 0 saturated carbocycles. The Bertz CT molecular complexity index is 1530. The Kier molecular flexibility index (Phi) is 8.53. The molecule has 0 bridgehead atoms. The monoisotopic (exact) mass is 530 g/mol. The number of hydrogen-bond acceptors (Lipinski definition) is 5. The Balaban J connectivity index is 2.31. The van der Waals surface area contributed by atoms with Crippen LogP contribution in [0.4, 0.5) is 0 Å². The summed E-state index contributed by atoms with van der Waals surface area (Å²) in [5.41, 5.74) is 4.18. The number of rotatable bonds is 9. The van der Waals surface area contributed by atoms with E-state index in [9.17, 15) is 23.7 Å². The molecule has 3 aromatic rings. The molecule has 38 heavy (non-hydrogen) atoms. The number of ketones is 2. The molecule has 198 valence electrons. The van der Waals surface area contributed by atoms with Crippen molar-refractivity contribution < 1.29 is 23.7 Å². The Labute approximate surface area is 225 Å². The second-order valence-electron chi connectivity index (χ2n) is 10.2. The molecule has 0 aliphatic rings. The van der Waals surface area contributed by atoms with Gasteiger partial charge in [0.1, 0.15) is 5.78 Å². The van der Waals surface area contributed by atoms with Crippen molar-refractivity contribution in [2.45, 2.75) is 68.2 Å². The highest BCUT2D eigenvalue weighted by Gasteiger charge is 2.45. The van der Waals surface area contributed by atoms with Gasteiger partial charge in [-0.2, -0.15) is 0 Å². The molecule has 0 aromatic heterocycles. The Hall–Kier alpha value is -3.43. The molecular formula is C32H35O5P. The molecule has 0 saturated heterocycles. The number of hydrogen-bond donors (Lipinski definition) is 0. The van der Waals surface area contributed by atoms with E-state index in [0.29, 0.717) is 38.9 Å². The molecule has 0 aliphatic heterocycles. The first-order valence-corrected chi connectivity index (χ1v) is 14.4. The van der Waals surface area contributed by atoms with Crippen LogP contribution in [0.3, 0.4) is 0 Å². The maximum atomic E-state index is 15.0. The minimum atomic E-state index is -4.38. The van der Waals surface area contributed by atoms with E-state index in [1.165, 1.54) is 6.92 Å². The van der Waals surface area contributed by atoms with Crippen molar-refractivity contribution in [2.75, 3.05) is 0 Å². The van der Waals surface area contributed by atoms with E-state index in [0.717, 1.165) is 11.1 Å². The van der Waals surface area contributed by atoms with E-state index in [1.54, 1.807) is 64.1 Å². The van der Waals surface area contributed by atoms with Gasteiger partial charge in [-0.25, -0.2) is 0 Å². The van der Waals surface area contributed by atoms with Crippen LogP contribution in [0.15, 0.2) is 42.5 Å². The number of carbonyl (C=O) groups is 4. The van der Waals surface area contributed by atoms with Crippen molar-refractivity contribution >= 4 is 35.1 Å². The normalized spacial score (nSPS) is 12.6. The molecule has 0 N–H and O–H groups in total. The van der Waals surface area contributed by atoms with Crippen LogP contribution >= 0.6 is 7.14 Å². The van der Waals surface area contributed by atoms with Crippen molar-refractivity contribution in [3.63, 3.8) is 0 Å². The third kappa shape index (κ3) is 5.13. The zero-order valence-corrected chi connectivity index (χ0v) is 24.3. The lowest BCUT2D eigenvalue weighted by atomic mass is 9.90. The smallest absolute Gasteiger partial charge is 0.248 e. The van der Waals surface area contributed by atoms with E-state index in [4.69, 9.17) is 0 Å². The van der Waals surface area contributed by atoms with E-state index >= 15 is 0 Å². The van der Waals surface area contributed by atoms with Crippen LogP contribution in [0.5, 0.6) is 0 Å². The van der Waals surface area contributed by atoms with Crippen molar-refractivity contribution in [1.29, 1.82) is 0 Å². The number of aryl methyl sites for hydroxylation is 4. The first kappa shape index (κ1) is 29.1. The van der Waals surface area contributed by atoms with Gasteiger partial charge in [0.25, 0.3) is 0 Å². The molecule has 0 spiro atoms. The summed E-state index contributed by atoms with van der Waals surface area (Å²) in [5.74, 6) is -0.360. The fraction of sp³-hybridized carbons (Fsp3) is 0.312. The van der Waals surface area contributed by atoms with Gasteiger partial charge in [-0.15, -0.1) is 0 Å². The summed E-state index contributed by atoms with van der Waals surface area (Å²) < 4.78 is 15.0. The Morgan fingerprint density at radius 3 is 1.61 bits per heavy atom. The van der Waals surface area contributed by atoms with Crippen LogP contribution in [0.2, 0.25) is 0 Å². The molecule has 5 nitrogen and oxygen atoms in total. The second-order valence-corrected chi connectivity index (χ2v) is 12.7. The summed E-state index contributed by atoms with van der Waals surface area (Å²) in [7, 11) is -4.38. The van der Waals surface area contributed by atoms with Crippen molar-refractivity contribution in [1.82, 2.24) is 0 Å². The minimum absolute atomic E-state index is 0.0179. The van der Waals surface area contributed by atoms with E-state index in [1.807, 2.05) is 26.8 Å². The van der Waals surface area contributed by atoms with Crippen molar-refractivity contribution in [3.05, 3.63) is 98.1 Å². The fourth-order valence-electron chi connectivity index (χ4n) is 5.25. The van der Waals surface area contributed by atoms with Gasteiger partial charge in [-0.3, -0.25) is 14.4 Å².